The van der Waals surface area contributed by atoms with Crippen LogP contribution in [0.2, 0.25) is 0 Å². The molecule has 0 fully saturated rings. The van der Waals surface area contributed by atoms with Gasteiger partial charge in [0.25, 0.3) is 0 Å². The van der Waals surface area contributed by atoms with Crippen molar-refractivity contribution in [1.29, 1.82) is 0 Å². The van der Waals surface area contributed by atoms with Crippen molar-refractivity contribution in [3.8, 4) is 11.5 Å². The molecule has 2 unspecified atom stereocenters. The molecule has 36 heavy (non-hydrogen) atoms. The third-order valence-electron chi connectivity index (χ3n) is 6.66. The van der Waals surface area contributed by atoms with Crippen LogP contribution in [0, 0.1) is 0 Å². The first-order valence-electron chi connectivity index (χ1n) is 11.7. The number of Topliss-reactive ketones (excluding diaryl/α,β-unsaturated/α-hetero) is 1. The third kappa shape index (κ3) is 4.37. The molecule has 3 aromatic rings. The molecule has 1 aromatic heterocycles. The second-order valence-electron chi connectivity index (χ2n) is 8.91. The number of benzene rings is 2. The van der Waals surface area contributed by atoms with Gasteiger partial charge in [-0.15, -0.1) is 0 Å². The van der Waals surface area contributed by atoms with E-state index in [0.717, 1.165) is 17.0 Å². The first kappa shape index (κ1) is 23.4. The molecule has 184 valence electrons. The fourth-order valence-corrected chi connectivity index (χ4v) is 5.10. The molecule has 2 aromatic carbocycles. The molecule has 1 aliphatic heterocycles. The van der Waals surface area contributed by atoms with Gasteiger partial charge in [-0.25, -0.2) is 9.78 Å². The number of dihydropyridines is 1. The maximum atomic E-state index is 13.7. The summed E-state index contributed by atoms with van der Waals surface area (Å²) in [5.41, 5.74) is 4.29. The van der Waals surface area contributed by atoms with Gasteiger partial charge < -0.3 is 24.3 Å². The minimum Gasteiger partial charge on any atom is -0.508 e. The maximum absolute atomic E-state index is 13.7. The van der Waals surface area contributed by atoms with Crippen molar-refractivity contribution >= 4 is 11.8 Å². The van der Waals surface area contributed by atoms with E-state index in [1.54, 1.807) is 38.3 Å². The van der Waals surface area contributed by atoms with Crippen LogP contribution in [0.3, 0.4) is 0 Å². The van der Waals surface area contributed by atoms with E-state index in [2.05, 4.69) is 10.3 Å². The van der Waals surface area contributed by atoms with Crippen LogP contribution >= 0.6 is 0 Å². The fourth-order valence-electron chi connectivity index (χ4n) is 5.10. The van der Waals surface area contributed by atoms with Gasteiger partial charge in [0, 0.05) is 35.2 Å². The van der Waals surface area contributed by atoms with E-state index in [0.29, 0.717) is 34.5 Å². The Kier molecular flexibility index (Phi) is 6.33. The molecule has 2 aliphatic rings. The monoisotopic (exact) mass is 486 g/mol. The van der Waals surface area contributed by atoms with Crippen LogP contribution in [-0.4, -0.2) is 29.0 Å². The molecule has 0 amide bonds. The number of phenols is 1. The van der Waals surface area contributed by atoms with E-state index < -0.39 is 11.9 Å². The Bertz CT molecular complexity index is 1370. The number of allylic oxidation sites excluding steroid dienone is 3. The van der Waals surface area contributed by atoms with E-state index in [9.17, 15) is 14.7 Å². The van der Waals surface area contributed by atoms with E-state index in [4.69, 9.17) is 13.9 Å². The molecule has 0 spiro atoms. The number of para-hydroxylation sites is 1. The SMILES string of the molecule is COc1ccccc1C1CC(=O)C2=C(C1)NC(C)=C(C(=O)OCc1cocn1)C2c1cccc(O)c1. The topological polar surface area (TPSA) is 111 Å². The number of oxazole rings is 1. The van der Waals surface area contributed by atoms with Gasteiger partial charge in [0.1, 0.15) is 30.1 Å². The van der Waals surface area contributed by atoms with E-state index >= 15 is 0 Å². The number of hydrogen-bond acceptors (Lipinski definition) is 8. The number of nitrogens with zero attached hydrogens (tertiary/aromatic N) is 1. The molecule has 8 heteroatoms. The average molecular weight is 487 g/mol. The number of nitrogens with one attached hydrogen (secondary N) is 1. The number of phenolic OH excluding ortho intramolecular Hbond substituents is 1. The number of esters is 1. The molecular weight excluding hydrogens is 460 g/mol. The largest absolute Gasteiger partial charge is 0.508 e. The highest BCUT2D eigenvalue weighted by Crippen LogP contribution is 2.47. The lowest BCUT2D eigenvalue weighted by Crippen LogP contribution is -2.36. The first-order chi connectivity index (χ1) is 17.5. The highest BCUT2D eigenvalue weighted by molar-refractivity contribution is 6.04. The fraction of sp³-hybridized carbons (Fsp3) is 0.250. The van der Waals surface area contributed by atoms with Gasteiger partial charge in [-0.1, -0.05) is 30.3 Å². The van der Waals surface area contributed by atoms with Crippen molar-refractivity contribution in [3.05, 3.63) is 101 Å². The number of carbonyl (C=O) groups excluding carboxylic acids is 2. The number of carbonyl (C=O) groups is 2. The van der Waals surface area contributed by atoms with Crippen molar-refractivity contribution in [2.45, 2.75) is 38.2 Å². The smallest absolute Gasteiger partial charge is 0.337 e. The van der Waals surface area contributed by atoms with Gasteiger partial charge in [-0.2, -0.15) is 0 Å². The van der Waals surface area contributed by atoms with E-state index in [1.807, 2.05) is 24.3 Å². The molecule has 1 aliphatic carbocycles. The van der Waals surface area contributed by atoms with Crippen LogP contribution < -0.4 is 10.1 Å². The van der Waals surface area contributed by atoms with E-state index in [-0.39, 0.29) is 30.5 Å². The lowest BCUT2D eigenvalue weighted by Gasteiger charge is -2.37. The summed E-state index contributed by atoms with van der Waals surface area (Å²) in [6.45, 7) is 1.73. The zero-order valence-electron chi connectivity index (χ0n) is 20.0. The molecule has 5 rings (SSSR count). The number of ketones is 1. The van der Waals surface area contributed by atoms with Gasteiger partial charge >= 0.3 is 5.97 Å². The minimum absolute atomic E-state index is 0.0521. The Hall–Kier alpha value is -4.33. The predicted molar refractivity (Wildman–Crippen MR) is 130 cm³/mol. The molecule has 2 atom stereocenters. The summed E-state index contributed by atoms with van der Waals surface area (Å²) in [7, 11) is 1.62. The number of rotatable bonds is 6. The quantitative estimate of drug-likeness (QED) is 0.490. The molecule has 0 radical (unpaired) electrons. The number of ether oxygens (including phenoxy) is 2. The maximum Gasteiger partial charge on any atom is 0.337 e. The average Bonchev–Trinajstić information content (AvgIpc) is 3.40. The highest BCUT2D eigenvalue weighted by Gasteiger charge is 2.42. The molecule has 0 saturated carbocycles. The molecule has 2 N–H and O–H groups in total. The number of aromatic nitrogens is 1. The summed E-state index contributed by atoms with van der Waals surface area (Å²) in [5, 5.41) is 13.5. The summed E-state index contributed by atoms with van der Waals surface area (Å²) in [6.07, 6.45) is 3.52. The molecular formula is C28H26N2O6. The lowest BCUT2D eigenvalue weighted by atomic mass is 9.71. The van der Waals surface area contributed by atoms with Gasteiger partial charge in [0.2, 0.25) is 0 Å². The zero-order valence-corrected chi connectivity index (χ0v) is 20.0. The van der Waals surface area contributed by atoms with E-state index in [1.165, 1.54) is 12.7 Å². The normalized spacial score (nSPS) is 19.6. The minimum atomic E-state index is -0.677. The second kappa shape index (κ2) is 9.73. The summed E-state index contributed by atoms with van der Waals surface area (Å²) >= 11 is 0. The Balaban J connectivity index is 1.54. The Morgan fingerprint density at radius 2 is 2.03 bits per heavy atom. The molecule has 8 nitrogen and oxygen atoms in total. The van der Waals surface area contributed by atoms with Crippen LogP contribution in [0.1, 0.15) is 48.4 Å². The van der Waals surface area contributed by atoms with Gasteiger partial charge in [-0.3, -0.25) is 4.79 Å². The zero-order chi connectivity index (χ0) is 25.2. The van der Waals surface area contributed by atoms with Crippen LogP contribution in [0.15, 0.2) is 88.1 Å². The summed E-state index contributed by atoms with van der Waals surface area (Å²) in [4.78, 5) is 31.0. The molecule has 0 bridgehead atoms. The summed E-state index contributed by atoms with van der Waals surface area (Å²) in [5.74, 6) is -0.590. The van der Waals surface area contributed by atoms with Crippen molar-refractivity contribution < 1.29 is 28.6 Å². The van der Waals surface area contributed by atoms with Crippen LogP contribution in [-0.2, 0) is 20.9 Å². The van der Waals surface area contributed by atoms with Crippen molar-refractivity contribution in [3.63, 3.8) is 0 Å². The van der Waals surface area contributed by atoms with Crippen LogP contribution in [0.4, 0.5) is 0 Å². The van der Waals surface area contributed by atoms with Gasteiger partial charge in [-0.05, 0) is 42.7 Å². The number of methoxy groups -OCH3 is 1. The third-order valence-corrected chi connectivity index (χ3v) is 6.66. The highest BCUT2D eigenvalue weighted by atomic mass is 16.5. The van der Waals surface area contributed by atoms with Crippen LogP contribution in [0.25, 0.3) is 0 Å². The predicted octanol–water partition coefficient (Wildman–Crippen LogP) is 4.49. The van der Waals surface area contributed by atoms with Crippen molar-refractivity contribution in [2.24, 2.45) is 0 Å². The van der Waals surface area contributed by atoms with Crippen molar-refractivity contribution in [1.82, 2.24) is 10.3 Å². The summed E-state index contributed by atoms with van der Waals surface area (Å²) < 4.78 is 16.0. The van der Waals surface area contributed by atoms with Crippen molar-refractivity contribution in [2.75, 3.05) is 7.11 Å². The Morgan fingerprint density at radius 1 is 1.19 bits per heavy atom. The summed E-state index contributed by atoms with van der Waals surface area (Å²) in [6, 6.07) is 14.3. The lowest BCUT2D eigenvalue weighted by molar-refractivity contribution is -0.140. The number of aromatic hydroxyl groups is 1. The Morgan fingerprint density at radius 3 is 2.78 bits per heavy atom. The van der Waals surface area contributed by atoms with Gasteiger partial charge in [0.15, 0.2) is 12.2 Å². The first-order valence-corrected chi connectivity index (χ1v) is 11.7. The second-order valence-corrected chi connectivity index (χ2v) is 8.91. The standard InChI is InChI=1S/C28H26N2O6/c1-16-25(28(33)36-14-19-13-35-15-29-19)26(17-6-5-7-20(31)10-17)27-22(30-16)11-18(12-23(27)32)21-8-3-4-9-24(21)34-2/h3-10,13,15,18,26,30-31H,11-12,14H2,1-2H3. The Labute approximate surface area is 208 Å². The van der Waals surface area contributed by atoms with Gasteiger partial charge in [0.05, 0.1) is 12.7 Å². The van der Waals surface area contributed by atoms with Crippen LogP contribution in [0.5, 0.6) is 11.5 Å². The molecule has 2 heterocycles. The molecule has 0 saturated heterocycles. The number of hydrogen-bond donors (Lipinski definition) is 2.